The van der Waals surface area contributed by atoms with E-state index in [2.05, 4.69) is 20.9 Å². The number of nitrogens with zero attached hydrogens (tertiary/aromatic N) is 2. The van der Waals surface area contributed by atoms with E-state index in [1.807, 2.05) is 0 Å². The van der Waals surface area contributed by atoms with E-state index in [0.717, 1.165) is 0 Å². The summed E-state index contributed by atoms with van der Waals surface area (Å²) in [6, 6.07) is 2.63. The third-order valence-corrected chi connectivity index (χ3v) is 2.53. The molecular weight excluding hydrogens is 326 g/mol. The van der Waals surface area contributed by atoms with Gasteiger partial charge in [0, 0.05) is 10.7 Å². The van der Waals surface area contributed by atoms with Crippen molar-refractivity contribution in [3.8, 4) is 11.5 Å². The van der Waals surface area contributed by atoms with Gasteiger partial charge in [-0.3, -0.25) is 15.1 Å². The first-order chi connectivity index (χ1) is 8.97. The Morgan fingerprint density at radius 2 is 1.84 bits per heavy atom. The number of hydrogen-bond acceptors (Lipinski definition) is 4. The molecule has 8 heteroatoms. The zero-order valence-corrected chi connectivity index (χ0v) is 10.7. The van der Waals surface area contributed by atoms with Crippen molar-refractivity contribution in [3.05, 3.63) is 56.8 Å². The highest BCUT2D eigenvalue weighted by atomic mass is 79.9. The smallest absolute Gasteiger partial charge is 0.275 e. The van der Waals surface area contributed by atoms with Gasteiger partial charge in [0.1, 0.15) is 5.75 Å². The molecule has 0 unspecified atom stereocenters. The maximum absolute atomic E-state index is 13.6. The zero-order valence-electron chi connectivity index (χ0n) is 9.14. The fourth-order valence-electron chi connectivity index (χ4n) is 1.32. The number of rotatable bonds is 3. The van der Waals surface area contributed by atoms with E-state index in [-0.39, 0.29) is 5.75 Å². The lowest BCUT2D eigenvalue weighted by Gasteiger charge is -2.07. The number of nitro groups is 1. The van der Waals surface area contributed by atoms with Gasteiger partial charge in [-0.2, -0.15) is 0 Å². The lowest BCUT2D eigenvalue weighted by molar-refractivity contribution is -0.385. The molecule has 0 amide bonds. The molecule has 0 spiro atoms. The molecule has 2 aromatic rings. The molecular formula is C11H5BrF2N2O3. The van der Waals surface area contributed by atoms with Crippen molar-refractivity contribution in [1.29, 1.82) is 0 Å². The topological polar surface area (TPSA) is 65.3 Å². The lowest BCUT2D eigenvalue weighted by atomic mass is 10.3. The molecule has 1 aromatic heterocycles. The summed E-state index contributed by atoms with van der Waals surface area (Å²) in [7, 11) is 0. The first kappa shape index (κ1) is 13.3. The van der Waals surface area contributed by atoms with Gasteiger partial charge < -0.3 is 4.74 Å². The second-order valence-electron chi connectivity index (χ2n) is 3.44. The minimum absolute atomic E-state index is 0.0982. The fourth-order valence-corrected chi connectivity index (χ4v) is 1.66. The number of benzene rings is 1. The highest BCUT2D eigenvalue weighted by Gasteiger charge is 2.19. The molecule has 0 atom stereocenters. The minimum Gasteiger partial charge on any atom is -0.450 e. The largest absolute Gasteiger partial charge is 0.450 e. The summed E-state index contributed by atoms with van der Waals surface area (Å²) in [5.74, 6) is -2.94. The molecule has 0 fully saturated rings. The van der Waals surface area contributed by atoms with Gasteiger partial charge in [0.05, 0.1) is 23.3 Å². The molecule has 0 aliphatic carbocycles. The van der Waals surface area contributed by atoms with Crippen molar-refractivity contribution in [3.63, 3.8) is 0 Å². The van der Waals surface area contributed by atoms with E-state index in [9.17, 15) is 18.9 Å². The number of aromatic nitrogens is 1. The molecule has 0 aliphatic rings. The predicted molar refractivity (Wildman–Crippen MR) is 65.0 cm³/mol. The minimum atomic E-state index is -1.16. The summed E-state index contributed by atoms with van der Waals surface area (Å²) in [5.41, 5.74) is -0.685. The van der Waals surface area contributed by atoms with Crippen LogP contribution in [0.3, 0.4) is 0 Å². The predicted octanol–water partition coefficient (Wildman–Crippen LogP) is 3.82. The Bertz CT molecular complexity index is 629. The number of pyridine rings is 1. The van der Waals surface area contributed by atoms with Crippen LogP contribution in [-0.2, 0) is 0 Å². The highest BCUT2D eigenvalue weighted by molar-refractivity contribution is 9.10. The van der Waals surface area contributed by atoms with Gasteiger partial charge in [-0.1, -0.05) is 0 Å². The Morgan fingerprint density at radius 3 is 2.37 bits per heavy atom. The van der Waals surface area contributed by atoms with Crippen LogP contribution in [0, 0.1) is 21.7 Å². The van der Waals surface area contributed by atoms with Gasteiger partial charge in [0.15, 0.2) is 17.4 Å². The molecule has 98 valence electrons. The van der Waals surface area contributed by atoms with E-state index in [0.29, 0.717) is 16.6 Å². The average Bonchev–Trinajstić information content (AvgIpc) is 2.33. The molecule has 0 radical (unpaired) electrons. The SMILES string of the molecule is O=[N+]([O-])c1cc(F)c(Oc2cncc(Br)c2)c(F)c1. The Hall–Kier alpha value is -2.09. The van der Waals surface area contributed by atoms with Crippen LogP contribution < -0.4 is 4.74 Å². The van der Waals surface area contributed by atoms with Crippen molar-refractivity contribution in [2.24, 2.45) is 0 Å². The molecule has 0 saturated heterocycles. The third kappa shape index (κ3) is 3.02. The molecule has 19 heavy (non-hydrogen) atoms. The fraction of sp³-hybridized carbons (Fsp3) is 0. The number of nitro benzene ring substituents is 1. The van der Waals surface area contributed by atoms with Crippen LogP contribution in [0.2, 0.25) is 0 Å². The Kier molecular flexibility index (Phi) is 3.70. The van der Waals surface area contributed by atoms with Crippen LogP contribution >= 0.6 is 15.9 Å². The Morgan fingerprint density at radius 1 is 1.21 bits per heavy atom. The molecule has 1 heterocycles. The van der Waals surface area contributed by atoms with Crippen LogP contribution in [0.1, 0.15) is 0 Å². The summed E-state index contributed by atoms with van der Waals surface area (Å²) >= 11 is 3.12. The van der Waals surface area contributed by atoms with Crippen molar-refractivity contribution in [2.75, 3.05) is 0 Å². The normalized spacial score (nSPS) is 10.3. The zero-order chi connectivity index (χ0) is 14.0. The van der Waals surface area contributed by atoms with Gasteiger partial charge >= 0.3 is 0 Å². The maximum Gasteiger partial charge on any atom is 0.275 e. The first-order valence-electron chi connectivity index (χ1n) is 4.89. The second kappa shape index (κ2) is 5.27. The maximum atomic E-state index is 13.6. The van der Waals surface area contributed by atoms with Crippen LogP contribution in [0.4, 0.5) is 14.5 Å². The Balaban J connectivity index is 2.38. The number of non-ortho nitro benzene ring substituents is 1. The van der Waals surface area contributed by atoms with Crippen molar-refractivity contribution in [1.82, 2.24) is 4.98 Å². The summed E-state index contributed by atoms with van der Waals surface area (Å²) in [4.78, 5) is 13.3. The standard InChI is InChI=1S/C11H5BrF2N2O3/c12-6-1-8(5-15-4-6)19-11-9(13)2-7(16(17)18)3-10(11)14/h1-5H. The van der Waals surface area contributed by atoms with Crippen LogP contribution in [-0.4, -0.2) is 9.91 Å². The van der Waals surface area contributed by atoms with Gasteiger partial charge in [-0.25, -0.2) is 8.78 Å². The Labute approximate surface area is 114 Å². The monoisotopic (exact) mass is 330 g/mol. The van der Waals surface area contributed by atoms with Crippen LogP contribution in [0.25, 0.3) is 0 Å². The third-order valence-electron chi connectivity index (χ3n) is 2.09. The van der Waals surface area contributed by atoms with Crippen LogP contribution in [0.15, 0.2) is 35.1 Å². The average molecular weight is 331 g/mol. The summed E-state index contributed by atoms with van der Waals surface area (Å²) in [6.45, 7) is 0. The van der Waals surface area contributed by atoms with E-state index >= 15 is 0 Å². The molecule has 2 rings (SSSR count). The van der Waals surface area contributed by atoms with Gasteiger partial charge in [-0.15, -0.1) is 0 Å². The second-order valence-corrected chi connectivity index (χ2v) is 4.35. The van der Waals surface area contributed by atoms with E-state index in [4.69, 9.17) is 4.74 Å². The highest BCUT2D eigenvalue weighted by Crippen LogP contribution is 2.31. The van der Waals surface area contributed by atoms with E-state index in [1.165, 1.54) is 18.5 Å². The van der Waals surface area contributed by atoms with Crippen molar-refractivity contribution < 1.29 is 18.4 Å². The molecule has 1 aromatic carbocycles. The van der Waals surface area contributed by atoms with Crippen molar-refractivity contribution >= 4 is 21.6 Å². The molecule has 0 saturated carbocycles. The van der Waals surface area contributed by atoms with E-state index < -0.39 is 28.0 Å². The molecule has 0 aliphatic heterocycles. The summed E-state index contributed by atoms with van der Waals surface area (Å²) in [5, 5.41) is 10.4. The molecule has 0 N–H and O–H groups in total. The van der Waals surface area contributed by atoms with E-state index in [1.54, 1.807) is 0 Å². The summed E-state index contributed by atoms with van der Waals surface area (Å²) < 4.78 is 32.7. The van der Waals surface area contributed by atoms with Crippen LogP contribution in [0.5, 0.6) is 11.5 Å². The molecule has 0 bridgehead atoms. The molecule has 5 nitrogen and oxygen atoms in total. The lowest BCUT2D eigenvalue weighted by Crippen LogP contribution is -1.96. The summed E-state index contributed by atoms with van der Waals surface area (Å²) in [6.07, 6.45) is 2.72. The number of hydrogen-bond donors (Lipinski definition) is 0. The number of halogens is 3. The van der Waals surface area contributed by atoms with Gasteiger partial charge in [-0.05, 0) is 22.0 Å². The van der Waals surface area contributed by atoms with Gasteiger partial charge in [0.2, 0.25) is 0 Å². The first-order valence-corrected chi connectivity index (χ1v) is 5.68. The quantitative estimate of drug-likeness (QED) is 0.633. The van der Waals surface area contributed by atoms with Gasteiger partial charge in [0.25, 0.3) is 5.69 Å². The number of ether oxygens (including phenoxy) is 1. The van der Waals surface area contributed by atoms with Crippen molar-refractivity contribution in [2.45, 2.75) is 0 Å².